The molecule has 2 fully saturated rings. The predicted molar refractivity (Wildman–Crippen MR) is 35.4 cm³/mol. The van der Waals surface area contributed by atoms with Gasteiger partial charge in [-0.15, -0.1) is 0 Å². The number of rotatable bonds is 0. The van der Waals surface area contributed by atoms with Crippen molar-refractivity contribution < 1.29 is 9.18 Å². The number of ketones is 1. The first-order valence-electron chi connectivity index (χ1n) is 3.93. The molecule has 2 bridgehead atoms. The summed E-state index contributed by atoms with van der Waals surface area (Å²) in [6, 6.07) is 0. The third-order valence-electron chi connectivity index (χ3n) is 2.79. The lowest BCUT2D eigenvalue weighted by atomic mass is 9.86. The lowest BCUT2D eigenvalue weighted by Gasteiger charge is -2.21. The van der Waals surface area contributed by atoms with E-state index in [4.69, 9.17) is 0 Å². The molecule has 0 unspecified atom stereocenters. The van der Waals surface area contributed by atoms with E-state index in [2.05, 4.69) is 0 Å². The van der Waals surface area contributed by atoms with Gasteiger partial charge in [0.25, 0.3) is 0 Å². The van der Waals surface area contributed by atoms with Crippen molar-refractivity contribution in [1.29, 1.82) is 0 Å². The van der Waals surface area contributed by atoms with Crippen molar-refractivity contribution in [3.8, 4) is 0 Å². The Kier molecular flexibility index (Phi) is 1.29. The molecule has 1 nitrogen and oxygen atoms in total. The maximum absolute atomic E-state index is 13.1. The predicted octanol–water partition coefficient (Wildman–Crippen LogP) is 1.71. The zero-order chi connectivity index (χ0) is 7.14. The van der Waals surface area contributed by atoms with Crippen molar-refractivity contribution in [2.45, 2.75) is 31.9 Å². The number of Topliss-reactive ketones (excluding diaryl/α,β-unsaturated/α-hetero) is 1. The number of carbonyl (C=O) groups is 1. The van der Waals surface area contributed by atoms with Crippen molar-refractivity contribution in [3.05, 3.63) is 0 Å². The standard InChI is InChI=1S/C8H11FO/c9-8-5-1-2-6(8)4-7(10)3-5/h5-6,8H,1-4H2/t5-,6-/m1/s1. The quantitative estimate of drug-likeness (QED) is 0.503. The molecule has 0 aromatic carbocycles. The number of fused-ring (bicyclic) bond motifs is 2. The van der Waals surface area contributed by atoms with Crippen molar-refractivity contribution in [2.75, 3.05) is 0 Å². The van der Waals surface area contributed by atoms with Crippen molar-refractivity contribution in [3.63, 3.8) is 0 Å². The maximum Gasteiger partial charge on any atom is 0.133 e. The SMILES string of the molecule is O=C1C[C@H]2CC[C@H](C1)C2F. The summed E-state index contributed by atoms with van der Waals surface area (Å²) in [5.74, 6) is 0.457. The Morgan fingerprint density at radius 2 is 1.70 bits per heavy atom. The molecule has 0 amide bonds. The number of halogens is 1. The minimum absolute atomic E-state index is 0.0891. The number of hydrogen-bond donors (Lipinski definition) is 0. The third kappa shape index (κ3) is 0.780. The van der Waals surface area contributed by atoms with Crippen LogP contribution in [-0.4, -0.2) is 12.0 Å². The van der Waals surface area contributed by atoms with Gasteiger partial charge in [-0.25, -0.2) is 4.39 Å². The van der Waals surface area contributed by atoms with E-state index in [9.17, 15) is 9.18 Å². The van der Waals surface area contributed by atoms with Gasteiger partial charge in [0.15, 0.2) is 0 Å². The second kappa shape index (κ2) is 2.04. The van der Waals surface area contributed by atoms with E-state index in [0.29, 0.717) is 12.8 Å². The highest BCUT2D eigenvalue weighted by atomic mass is 19.1. The second-order valence-corrected chi connectivity index (χ2v) is 3.49. The molecule has 0 aromatic rings. The van der Waals surface area contributed by atoms with Gasteiger partial charge in [0.05, 0.1) is 0 Å². The fourth-order valence-electron chi connectivity index (χ4n) is 2.23. The molecule has 0 aliphatic heterocycles. The lowest BCUT2D eigenvalue weighted by molar-refractivity contribution is -0.123. The molecule has 56 valence electrons. The molecule has 2 saturated carbocycles. The zero-order valence-electron chi connectivity index (χ0n) is 5.85. The van der Waals surface area contributed by atoms with Crippen LogP contribution in [0.3, 0.4) is 0 Å². The molecule has 2 atom stereocenters. The Morgan fingerprint density at radius 1 is 1.20 bits per heavy atom. The van der Waals surface area contributed by atoms with Crippen LogP contribution in [0.4, 0.5) is 4.39 Å². The van der Waals surface area contributed by atoms with Crippen molar-refractivity contribution in [2.24, 2.45) is 11.8 Å². The Labute approximate surface area is 59.6 Å². The molecular formula is C8H11FO. The Morgan fingerprint density at radius 3 is 2.20 bits per heavy atom. The highest BCUT2D eigenvalue weighted by Crippen LogP contribution is 2.42. The molecule has 0 aromatic heterocycles. The first-order valence-corrected chi connectivity index (χ1v) is 3.93. The molecule has 0 spiro atoms. The largest absolute Gasteiger partial charge is 0.300 e. The molecular weight excluding hydrogens is 131 g/mol. The van der Waals surface area contributed by atoms with Gasteiger partial charge in [-0.05, 0) is 24.7 Å². The Hall–Kier alpha value is -0.400. The number of carbonyl (C=O) groups excluding carboxylic acids is 1. The lowest BCUT2D eigenvalue weighted by Crippen LogP contribution is -2.26. The second-order valence-electron chi connectivity index (χ2n) is 3.49. The van der Waals surface area contributed by atoms with E-state index in [1.54, 1.807) is 0 Å². The molecule has 2 rings (SSSR count). The van der Waals surface area contributed by atoms with Crippen molar-refractivity contribution in [1.82, 2.24) is 0 Å². The van der Waals surface area contributed by atoms with Crippen LogP contribution in [0, 0.1) is 11.8 Å². The summed E-state index contributed by atoms with van der Waals surface area (Å²) in [7, 11) is 0. The van der Waals surface area contributed by atoms with Crippen LogP contribution >= 0.6 is 0 Å². The molecule has 0 heterocycles. The van der Waals surface area contributed by atoms with Crippen LogP contribution in [-0.2, 0) is 4.79 Å². The number of hydrogen-bond acceptors (Lipinski definition) is 1. The van der Waals surface area contributed by atoms with Gasteiger partial charge in [-0.2, -0.15) is 0 Å². The van der Waals surface area contributed by atoms with Crippen LogP contribution in [0.5, 0.6) is 0 Å². The van der Waals surface area contributed by atoms with Gasteiger partial charge >= 0.3 is 0 Å². The van der Waals surface area contributed by atoms with E-state index in [0.717, 1.165) is 12.8 Å². The van der Waals surface area contributed by atoms with E-state index in [-0.39, 0.29) is 17.6 Å². The minimum atomic E-state index is -0.655. The summed E-state index contributed by atoms with van der Waals surface area (Å²) in [6.07, 6.45) is 2.25. The summed E-state index contributed by atoms with van der Waals surface area (Å²) in [6.45, 7) is 0. The van der Waals surface area contributed by atoms with E-state index >= 15 is 0 Å². The van der Waals surface area contributed by atoms with Crippen LogP contribution in [0.2, 0.25) is 0 Å². The van der Waals surface area contributed by atoms with E-state index in [1.165, 1.54) is 0 Å². The van der Waals surface area contributed by atoms with Gasteiger partial charge in [0.2, 0.25) is 0 Å². The van der Waals surface area contributed by atoms with Gasteiger partial charge < -0.3 is 0 Å². The smallest absolute Gasteiger partial charge is 0.133 e. The third-order valence-corrected chi connectivity index (χ3v) is 2.79. The first-order chi connectivity index (χ1) is 4.77. The highest BCUT2D eigenvalue weighted by Gasteiger charge is 2.42. The van der Waals surface area contributed by atoms with Gasteiger partial charge in [0.1, 0.15) is 12.0 Å². The van der Waals surface area contributed by atoms with Crippen LogP contribution < -0.4 is 0 Å². The summed E-state index contributed by atoms with van der Waals surface area (Å²) >= 11 is 0. The molecule has 2 aliphatic rings. The zero-order valence-corrected chi connectivity index (χ0v) is 5.85. The average molecular weight is 142 g/mol. The molecule has 0 N–H and O–H groups in total. The summed E-state index contributed by atoms with van der Waals surface area (Å²) in [4.78, 5) is 10.9. The van der Waals surface area contributed by atoms with Crippen LogP contribution in [0.15, 0.2) is 0 Å². The molecule has 0 saturated heterocycles. The maximum atomic E-state index is 13.1. The summed E-state index contributed by atoms with van der Waals surface area (Å²) in [5.41, 5.74) is 0. The normalized spacial score (nSPS) is 46.1. The average Bonchev–Trinajstić information content (AvgIpc) is 2.20. The van der Waals surface area contributed by atoms with E-state index < -0.39 is 6.17 Å². The van der Waals surface area contributed by atoms with Gasteiger partial charge in [-0.3, -0.25) is 4.79 Å². The molecule has 0 radical (unpaired) electrons. The molecule has 2 aliphatic carbocycles. The van der Waals surface area contributed by atoms with Crippen LogP contribution in [0.25, 0.3) is 0 Å². The summed E-state index contributed by atoms with van der Waals surface area (Å²) in [5, 5.41) is 0. The molecule has 10 heavy (non-hydrogen) atoms. The van der Waals surface area contributed by atoms with Crippen LogP contribution in [0.1, 0.15) is 25.7 Å². The topological polar surface area (TPSA) is 17.1 Å². The van der Waals surface area contributed by atoms with E-state index in [1.807, 2.05) is 0 Å². The fraction of sp³-hybridized carbons (Fsp3) is 0.875. The summed E-state index contributed by atoms with van der Waals surface area (Å²) < 4.78 is 13.1. The molecule has 2 heteroatoms. The first kappa shape index (κ1) is 6.32. The monoisotopic (exact) mass is 142 g/mol. The highest BCUT2D eigenvalue weighted by molar-refractivity contribution is 5.80. The minimum Gasteiger partial charge on any atom is -0.300 e. The Balaban J connectivity index is 2.16. The van der Waals surface area contributed by atoms with Gasteiger partial charge in [0, 0.05) is 12.8 Å². The Bertz CT molecular complexity index is 151. The van der Waals surface area contributed by atoms with Crippen molar-refractivity contribution >= 4 is 5.78 Å². The number of alkyl halides is 1. The van der Waals surface area contributed by atoms with Gasteiger partial charge in [-0.1, -0.05) is 0 Å². The fourth-order valence-corrected chi connectivity index (χ4v) is 2.23.